The third-order valence-electron chi connectivity index (χ3n) is 5.18. The van der Waals surface area contributed by atoms with Crippen LogP contribution in [0, 0.1) is 5.82 Å². The molecule has 0 aliphatic carbocycles. The lowest BCUT2D eigenvalue weighted by Crippen LogP contribution is -2.41. The molecule has 1 aromatic heterocycles. The number of nitrogens with zero attached hydrogens (tertiary/aromatic N) is 1. The Kier molecular flexibility index (Phi) is 5.83. The van der Waals surface area contributed by atoms with Crippen LogP contribution in [0.1, 0.15) is 33.3 Å². The van der Waals surface area contributed by atoms with Gasteiger partial charge in [0.2, 0.25) is 0 Å². The van der Waals surface area contributed by atoms with E-state index in [1.54, 1.807) is 12.3 Å². The van der Waals surface area contributed by atoms with Gasteiger partial charge in [-0.15, -0.1) is 0 Å². The first kappa shape index (κ1) is 21.2. The van der Waals surface area contributed by atoms with Crippen molar-refractivity contribution in [3.05, 3.63) is 45.8 Å². The first-order valence-corrected chi connectivity index (χ1v) is 9.63. The van der Waals surface area contributed by atoms with E-state index < -0.39 is 24.1 Å². The van der Waals surface area contributed by atoms with E-state index in [-0.39, 0.29) is 17.4 Å². The Hall–Kier alpha value is -1.54. The third kappa shape index (κ3) is 4.08. The Morgan fingerprint density at radius 2 is 1.82 bits per heavy atom. The zero-order chi connectivity index (χ0) is 20.7. The number of pyridine rings is 1. The molecule has 9 heteroatoms. The van der Waals surface area contributed by atoms with Crippen molar-refractivity contribution >= 4 is 41.6 Å². The second-order valence-electron chi connectivity index (χ2n) is 7.66. The Bertz CT molecular complexity index is 880. The molecule has 0 spiro atoms. The maximum atomic E-state index is 13.6. The van der Waals surface area contributed by atoms with Crippen LogP contribution in [0.5, 0.6) is 5.75 Å². The van der Waals surface area contributed by atoms with Gasteiger partial charge in [-0.2, -0.15) is 0 Å². The number of ether oxygens (including phenoxy) is 1. The zero-order valence-corrected chi connectivity index (χ0v) is 17.7. The number of anilines is 1. The van der Waals surface area contributed by atoms with Gasteiger partial charge < -0.3 is 19.8 Å². The number of nitrogen functional groups attached to an aromatic ring is 1. The zero-order valence-electron chi connectivity index (χ0n) is 16.2. The Labute approximate surface area is 174 Å². The van der Waals surface area contributed by atoms with E-state index in [2.05, 4.69) is 4.98 Å². The number of hydrogen-bond acceptors (Lipinski definition) is 5. The third-order valence-corrected chi connectivity index (χ3v) is 5.94. The van der Waals surface area contributed by atoms with Crippen molar-refractivity contribution in [3.63, 3.8) is 0 Å². The first-order valence-electron chi connectivity index (χ1n) is 8.88. The van der Waals surface area contributed by atoms with Crippen LogP contribution < -0.4 is 15.9 Å². The van der Waals surface area contributed by atoms with Crippen molar-refractivity contribution in [3.8, 4) is 5.75 Å². The van der Waals surface area contributed by atoms with Crippen LogP contribution in [0.15, 0.2) is 24.4 Å². The number of benzene rings is 1. The van der Waals surface area contributed by atoms with Crippen LogP contribution in [0.2, 0.25) is 10.0 Å². The van der Waals surface area contributed by atoms with Gasteiger partial charge in [-0.05, 0) is 51.5 Å². The molecule has 2 aromatic rings. The summed E-state index contributed by atoms with van der Waals surface area (Å²) in [6, 6.07) is 4.43. The molecule has 3 rings (SSSR count). The standard InChI is InChI=1S/C19H22BCl2FN2O3/c1-18(2)19(3,4)28-20(27-18)11-9-15(17(24)25-10-11)26-8-7-12-13(21)5-6-14(23)16(12)22/h5-6,9-10H,7-8H2,1-4H3,(H2,24,25). The summed E-state index contributed by atoms with van der Waals surface area (Å²) in [5, 5.41) is 0.375. The summed E-state index contributed by atoms with van der Waals surface area (Å²) in [6.45, 7) is 8.09. The minimum absolute atomic E-state index is 0.00633. The molecule has 0 atom stereocenters. The van der Waals surface area contributed by atoms with Gasteiger partial charge in [0.25, 0.3) is 0 Å². The second-order valence-corrected chi connectivity index (χ2v) is 8.45. The summed E-state index contributed by atoms with van der Waals surface area (Å²) in [6.07, 6.45) is 1.92. The number of hydrogen-bond donors (Lipinski definition) is 1. The Balaban J connectivity index is 1.72. The summed E-state index contributed by atoms with van der Waals surface area (Å²) in [5.74, 6) is 0.0950. The lowest BCUT2D eigenvalue weighted by Gasteiger charge is -2.32. The fourth-order valence-corrected chi connectivity index (χ4v) is 3.31. The molecule has 1 fully saturated rings. The number of halogens is 3. The highest BCUT2D eigenvalue weighted by Gasteiger charge is 2.51. The highest BCUT2D eigenvalue weighted by atomic mass is 35.5. The minimum atomic E-state index is -0.576. The van der Waals surface area contributed by atoms with Gasteiger partial charge >= 0.3 is 7.12 Å². The molecule has 0 bridgehead atoms. The molecule has 28 heavy (non-hydrogen) atoms. The minimum Gasteiger partial charge on any atom is -0.489 e. The highest BCUT2D eigenvalue weighted by molar-refractivity contribution is 6.62. The lowest BCUT2D eigenvalue weighted by atomic mass is 9.80. The predicted octanol–water partition coefficient (Wildman–Crippen LogP) is 4.03. The molecule has 1 aromatic carbocycles. The maximum Gasteiger partial charge on any atom is 0.496 e. The van der Waals surface area contributed by atoms with Gasteiger partial charge in [-0.1, -0.05) is 23.2 Å². The normalized spacial score (nSPS) is 17.8. The predicted molar refractivity (Wildman–Crippen MR) is 110 cm³/mol. The summed E-state index contributed by atoms with van der Waals surface area (Å²) < 4.78 is 31.4. The molecule has 0 unspecified atom stereocenters. The van der Waals surface area contributed by atoms with Gasteiger partial charge in [-0.3, -0.25) is 0 Å². The van der Waals surface area contributed by atoms with Gasteiger partial charge in [0, 0.05) is 23.1 Å². The Morgan fingerprint density at radius 1 is 1.18 bits per heavy atom. The fraction of sp³-hybridized carbons (Fsp3) is 0.421. The van der Waals surface area contributed by atoms with Crippen molar-refractivity contribution in [2.45, 2.75) is 45.3 Å². The Morgan fingerprint density at radius 3 is 2.46 bits per heavy atom. The van der Waals surface area contributed by atoms with Crippen LogP contribution in [-0.2, 0) is 15.7 Å². The fourth-order valence-electron chi connectivity index (χ4n) is 2.76. The van der Waals surface area contributed by atoms with Crippen LogP contribution in [0.3, 0.4) is 0 Å². The molecular formula is C19H22BCl2FN2O3. The monoisotopic (exact) mass is 426 g/mol. The van der Waals surface area contributed by atoms with Crippen LogP contribution >= 0.6 is 23.2 Å². The summed E-state index contributed by atoms with van der Waals surface area (Å²) >= 11 is 12.1. The van der Waals surface area contributed by atoms with Crippen molar-refractivity contribution < 1.29 is 18.4 Å². The summed E-state index contributed by atoms with van der Waals surface area (Å²) in [5.41, 5.74) is 6.18. The van der Waals surface area contributed by atoms with Crippen molar-refractivity contribution in [2.75, 3.05) is 12.3 Å². The van der Waals surface area contributed by atoms with Crippen molar-refractivity contribution in [1.29, 1.82) is 0 Å². The highest BCUT2D eigenvalue weighted by Crippen LogP contribution is 2.36. The van der Waals surface area contributed by atoms with E-state index in [1.807, 2.05) is 27.7 Å². The SMILES string of the molecule is CC1(C)OB(c2cnc(N)c(OCCc3c(Cl)ccc(F)c3Cl)c2)OC1(C)C. The molecule has 0 amide bonds. The van der Waals surface area contributed by atoms with Crippen molar-refractivity contribution in [2.24, 2.45) is 0 Å². The smallest absolute Gasteiger partial charge is 0.489 e. The molecule has 0 radical (unpaired) electrons. The molecule has 1 aliphatic rings. The van der Waals surface area contributed by atoms with E-state index in [9.17, 15) is 4.39 Å². The number of nitrogens with two attached hydrogens (primary N) is 1. The molecule has 150 valence electrons. The van der Waals surface area contributed by atoms with E-state index in [0.717, 1.165) is 0 Å². The number of rotatable bonds is 5. The number of aromatic nitrogens is 1. The summed E-state index contributed by atoms with van der Waals surface area (Å²) in [7, 11) is -0.576. The molecule has 5 nitrogen and oxygen atoms in total. The van der Waals surface area contributed by atoms with E-state index >= 15 is 0 Å². The molecule has 1 saturated heterocycles. The lowest BCUT2D eigenvalue weighted by molar-refractivity contribution is 0.00578. The average Bonchev–Trinajstić information content (AvgIpc) is 2.83. The van der Waals surface area contributed by atoms with E-state index in [4.69, 9.17) is 43.0 Å². The van der Waals surface area contributed by atoms with E-state index in [1.165, 1.54) is 12.1 Å². The van der Waals surface area contributed by atoms with E-state index in [0.29, 0.717) is 28.2 Å². The molecule has 1 aliphatic heterocycles. The second kappa shape index (κ2) is 7.71. The quantitative estimate of drug-likeness (QED) is 0.577. The molecular weight excluding hydrogens is 405 g/mol. The van der Waals surface area contributed by atoms with Crippen LogP contribution in [0.4, 0.5) is 10.2 Å². The van der Waals surface area contributed by atoms with Gasteiger partial charge in [0.1, 0.15) is 5.82 Å². The first-order chi connectivity index (χ1) is 13.0. The molecule has 2 N–H and O–H groups in total. The average molecular weight is 427 g/mol. The van der Waals surface area contributed by atoms with Gasteiger partial charge in [-0.25, -0.2) is 9.37 Å². The molecule has 0 saturated carbocycles. The van der Waals surface area contributed by atoms with Crippen molar-refractivity contribution in [1.82, 2.24) is 4.98 Å². The topological polar surface area (TPSA) is 66.6 Å². The maximum absolute atomic E-state index is 13.6. The van der Waals surface area contributed by atoms with Gasteiger partial charge in [0.05, 0.1) is 22.8 Å². The van der Waals surface area contributed by atoms with Gasteiger partial charge in [0.15, 0.2) is 11.6 Å². The van der Waals surface area contributed by atoms with Crippen LogP contribution in [-0.4, -0.2) is 29.9 Å². The largest absolute Gasteiger partial charge is 0.496 e. The molecule has 2 heterocycles. The van der Waals surface area contributed by atoms with Crippen LogP contribution in [0.25, 0.3) is 0 Å². The summed E-state index contributed by atoms with van der Waals surface area (Å²) in [4.78, 5) is 4.17.